The summed E-state index contributed by atoms with van der Waals surface area (Å²) in [5.74, 6) is 0.349. The van der Waals surface area contributed by atoms with Gasteiger partial charge in [-0.05, 0) is 55.3 Å². The van der Waals surface area contributed by atoms with Crippen molar-refractivity contribution < 1.29 is 4.39 Å². The Labute approximate surface area is 144 Å². The molecule has 5 nitrogen and oxygen atoms in total. The summed E-state index contributed by atoms with van der Waals surface area (Å²) in [6.45, 7) is 4.10. The number of hydrogen-bond donors (Lipinski definition) is 1. The lowest BCUT2D eigenvalue weighted by molar-refractivity contribution is 0.625. The quantitative estimate of drug-likeness (QED) is 0.607. The number of aromatic nitrogens is 4. The van der Waals surface area contributed by atoms with Gasteiger partial charge in [-0.15, -0.1) is 0 Å². The van der Waals surface area contributed by atoms with Crippen LogP contribution in [-0.4, -0.2) is 19.7 Å². The maximum absolute atomic E-state index is 13.5. The molecule has 0 saturated carbocycles. The van der Waals surface area contributed by atoms with Crippen molar-refractivity contribution in [3.05, 3.63) is 71.9 Å². The van der Waals surface area contributed by atoms with E-state index >= 15 is 0 Å². The maximum atomic E-state index is 13.5. The van der Waals surface area contributed by atoms with E-state index in [0.29, 0.717) is 17.2 Å². The predicted molar refractivity (Wildman–Crippen MR) is 95.8 cm³/mol. The van der Waals surface area contributed by atoms with E-state index in [1.54, 1.807) is 23.0 Å². The Hall–Kier alpha value is -3.28. The van der Waals surface area contributed by atoms with Gasteiger partial charge in [-0.1, -0.05) is 12.1 Å². The smallest absolute Gasteiger partial charge is 0.168 e. The zero-order valence-electron chi connectivity index (χ0n) is 13.9. The summed E-state index contributed by atoms with van der Waals surface area (Å²) in [5, 5.41) is 8.45. The minimum atomic E-state index is -0.316. The summed E-state index contributed by atoms with van der Waals surface area (Å²) >= 11 is 0. The summed E-state index contributed by atoms with van der Waals surface area (Å²) in [6.07, 6.45) is 3.16. The number of nitrogens with one attached hydrogen (secondary N) is 1. The van der Waals surface area contributed by atoms with E-state index in [4.69, 9.17) is 0 Å². The summed E-state index contributed by atoms with van der Waals surface area (Å²) in [7, 11) is 0. The molecule has 0 aliphatic rings. The van der Waals surface area contributed by atoms with E-state index in [-0.39, 0.29) is 5.82 Å². The molecule has 0 aliphatic heterocycles. The van der Waals surface area contributed by atoms with Gasteiger partial charge in [-0.3, -0.25) is 0 Å². The summed E-state index contributed by atoms with van der Waals surface area (Å²) in [5.41, 5.74) is 4.53. The van der Waals surface area contributed by atoms with Crippen LogP contribution in [0.2, 0.25) is 0 Å². The first-order chi connectivity index (χ1) is 12.1. The number of anilines is 2. The van der Waals surface area contributed by atoms with Gasteiger partial charge in [-0.25, -0.2) is 19.0 Å². The van der Waals surface area contributed by atoms with E-state index < -0.39 is 0 Å². The molecule has 4 aromatic rings. The second-order valence-corrected chi connectivity index (χ2v) is 6.00. The molecule has 0 unspecified atom stereocenters. The van der Waals surface area contributed by atoms with Gasteiger partial charge in [0, 0.05) is 5.69 Å². The van der Waals surface area contributed by atoms with Crippen molar-refractivity contribution in [2.75, 3.05) is 5.32 Å². The number of benzene rings is 2. The van der Waals surface area contributed by atoms with Crippen molar-refractivity contribution in [3.8, 4) is 5.69 Å². The molecule has 124 valence electrons. The molecular weight excluding hydrogens is 317 g/mol. The maximum Gasteiger partial charge on any atom is 0.168 e. The lowest BCUT2D eigenvalue weighted by atomic mass is 10.1. The van der Waals surface area contributed by atoms with Crippen LogP contribution < -0.4 is 5.32 Å². The Morgan fingerprint density at radius 1 is 1.00 bits per heavy atom. The minimum absolute atomic E-state index is 0.316. The molecule has 0 saturated heterocycles. The molecule has 0 atom stereocenters. The van der Waals surface area contributed by atoms with Crippen LogP contribution in [0.4, 0.5) is 15.9 Å². The first-order valence-electron chi connectivity index (χ1n) is 7.90. The van der Waals surface area contributed by atoms with Gasteiger partial charge in [0.15, 0.2) is 5.65 Å². The summed E-state index contributed by atoms with van der Waals surface area (Å²) in [6, 6.07) is 12.5. The number of hydrogen-bond acceptors (Lipinski definition) is 4. The van der Waals surface area contributed by atoms with E-state index in [2.05, 4.69) is 52.4 Å². The molecule has 25 heavy (non-hydrogen) atoms. The number of aryl methyl sites for hydroxylation is 2. The molecule has 0 amide bonds. The fraction of sp³-hybridized carbons (Fsp3) is 0.105. The summed E-state index contributed by atoms with van der Waals surface area (Å²) < 4.78 is 15.1. The Bertz CT molecular complexity index is 1050. The standard InChI is InChI=1S/C19H16FN5/c1-12-6-13(2)8-15(7-12)24-18-17-10-23-25(19(17)22-11-21-18)16-5-3-4-14(20)9-16/h3-11H,1-2H3,(H,21,22,24). The number of fused-ring (bicyclic) bond motifs is 1. The first kappa shape index (κ1) is 15.3. The zero-order valence-corrected chi connectivity index (χ0v) is 13.9. The topological polar surface area (TPSA) is 55.6 Å². The fourth-order valence-electron chi connectivity index (χ4n) is 2.92. The van der Waals surface area contributed by atoms with E-state index in [9.17, 15) is 4.39 Å². The molecular formula is C19H16FN5. The molecule has 0 aliphatic carbocycles. The molecule has 2 aromatic heterocycles. The van der Waals surface area contributed by atoms with Crippen LogP contribution in [-0.2, 0) is 0 Å². The lowest BCUT2D eigenvalue weighted by Crippen LogP contribution is -2.00. The number of rotatable bonds is 3. The van der Waals surface area contributed by atoms with Crippen molar-refractivity contribution in [1.82, 2.24) is 19.7 Å². The molecule has 6 heteroatoms. The number of nitrogens with zero attached hydrogens (tertiary/aromatic N) is 4. The Morgan fingerprint density at radius 3 is 2.56 bits per heavy atom. The molecule has 0 bridgehead atoms. The fourth-order valence-corrected chi connectivity index (χ4v) is 2.92. The van der Waals surface area contributed by atoms with E-state index in [1.807, 2.05) is 0 Å². The molecule has 0 fully saturated rings. The lowest BCUT2D eigenvalue weighted by Gasteiger charge is -2.09. The molecule has 0 spiro atoms. The van der Waals surface area contributed by atoms with Crippen LogP contribution in [0.25, 0.3) is 16.7 Å². The largest absolute Gasteiger partial charge is 0.340 e. The molecule has 2 heterocycles. The number of halogens is 1. The highest BCUT2D eigenvalue weighted by atomic mass is 19.1. The molecule has 0 radical (unpaired) electrons. The van der Waals surface area contributed by atoms with Gasteiger partial charge in [0.05, 0.1) is 17.3 Å². The minimum Gasteiger partial charge on any atom is -0.340 e. The average molecular weight is 333 g/mol. The third kappa shape index (κ3) is 2.94. The van der Waals surface area contributed by atoms with Crippen molar-refractivity contribution in [2.24, 2.45) is 0 Å². The monoisotopic (exact) mass is 333 g/mol. The third-order valence-electron chi connectivity index (χ3n) is 3.90. The highest BCUT2D eigenvalue weighted by molar-refractivity contribution is 5.89. The van der Waals surface area contributed by atoms with Gasteiger partial charge < -0.3 is 5.32 Å². The van der Waals surface area contributed by atoms with E-state index in [0.717, 1.165) is 11.1 Å². The highest BCUT2D eigenvalue weighted by Gasteiger charge is 2.12. The molecule has 1 N–H and O–H groups in total. The van der Waals surface area contributed by atoms with Crippen molar-refractivity contribution in [2.45, 2.75) is 13.8 Å². The highest BCUT2D eigenvalue weighted by Crippen LogP contribution is 2.25. The van der Waals surface area contributed by atoms with E-state index in [1.165, 1.54) is 29.6 Å². The SMILES string of the molecule is Cc1cc(C)cc(Nc2ncnc3c2cnn3-c2cccc(F)c2)c1. The molecule has 2 aromatic carbocycles. The Morgan fingerprint density at radius 2 is 1.80 bits per heavy atom. The van der Waals surface area contributed by atoms with Gasteiger partial charge >= 0.3 is 0 Å². The normalized spacial score (nSPS) is 11.0. The zero-order chi connectivity index (χ0) is 17.4. The predicted octanol–water partition coefficient (Wildman–Crippen LogP) is 4.32. The van der Waals surface area contributed by atoms with Crippen LogP contribution >= 0.6 is 0 Å². The van der Waals surface area contributed by atoms with Crippen LogP contribution in [0.1, 0.15) is 11.1 Å². The van der Waals surface area contributed by atoms with Gasteiger partial charge in [0.25, 0.3) is 0 Å². The van der Waals surface area contributed by atoms with Crippen molar-refractivity contribution >= 4 is 22.5 Å². The van der Waals surface area contributed by atoms with Gasteiger partial charge in [0.1, 0.15) is 18.0 Å². The average Bonchev–Trinajstić information content (AvgIpc) is 2.99. The van der Waals surface area contributed by atoms with Crippen molar-refractivity contribution in [1.29, 1.82) is 0 Å². The van der Waals surface area contributed by atoms with Crippen LogP contribution in [0.3, 0.4) is 0 Å². The molecule has 4 rings (SSSR count). The third-order valence-corrected chi connectivity index (χ3v) is 3.90. The first-order valence-corrected chi connectivity index (χ1v) is 7.90. The van der Waals surface area contributed by atoms with Gasteiger partial charge in [0.2, 0.25) is 0 Å². The Balaban J connectivity index is 1.79. The van der Waals surface area contributed by atoms with Crippen LogP contribution in [0, 0.1) is 19.7 Å². The second kappa shape index (κ2) is 5.98. The van der Waals surface area contributed by atoms with Gasteiger partial charge in [-0.2, -0.15) is 5.10 Å². The van der Waals surface area contributed by atoms with Crippen LogP contribution in [0.15, 0.2) is 55.0 Å². The van der Waals surface area contributed by atoms with Crippen molar-refractivity contribution in [3.63, 3.8) is 0 Å². The second-order valence-electron chi connectivity index (χ2n) is 6.00. The Kier molecular flexibility index (Phi) is 3.65. The summed E-state index contributed by atoms with van der Waals surface area (Å²) in [4.78, 5) is 8.65. The van der Waals surface area contributed by atoms with Crippen LogP contribution in [0.5, 0.6) is 0 Å².